The average molecular weight is 264 g/mol. The minimum atomic E-state index is 0.128. The Morgan fingerprint density at radius 3 is 2.29 bits per heavy atom. The molecular formula is C11H22BrNO. The summed E-state index contributed by atoms with van der Waals surface area (Å²) >= 11 is 3.43. The van der Waals surface area contributed by atoms with Gasteiger partial charge in [-0.3, -0.25) is 4.79 Å². The first-order valence-corrected chi connectivity index (χ1v) is 6.49. The molecule has 0 rings (SSSR count). The van der Waals surface area contributed by atoms with E-state index in [0.29, 0.717) is 5.92 Å². The number of alkyl halides is 1. The molecule has 0 saturated carbocycles. The first-order valence-electron chi connectivity index (χ1n) is 5.37. The van der Waals surface area contributed by atoms with Gasteiger partial charge in [0.05, 0.1) is 0 Å². The monoisotopic (exact) mass is 263 g/mol. The molecule has 3 heteroatoms. The summed E-state index contributed by atoms with van der Waals surface area (Å²) in [4.78, 5) is 11.6. The van der Waals surface area contributed by atoms with Crippen LogP contribution in [0.25, 0.3) is 0 Å². The molecule has 0 bridgehead atoms. The average Bonchev–Trinajstić information content (AvgIpc) is 2.14. The van der Waals surface area contributed by atoms with Crippen molar-refractivity contribution in [3.63, 3.8) is 0 Å². The summed E-state index contributed by atoms with van der Waals surface area (Å²) in [5, 5.41) is 3.90. The molecule has 0 aliphatic carbocycles. The topological polar surface area (TPSA) is 29.1 Å². The molecule has 2 unspecified atom stereocenters. The van der Waals surface area contributed by atoms with Crippen LogP contribution < -0.4 is 5.32 Å². The molecule has 14 heavy (non-hydrogen) atoms. The Balaban J connectivity index is 3.98. The van der Waals surface area contributed by atoms with E-state index in [1.165, 1.54) is 0 Å². The fraction of sp³-hybridized carbons (Fsp3) is 0.909. The number of hydrogen-bond donors (Lipinski definition) is 1. The van der Waals surface area contributed by atoms with Crippen molar-refractivity contribution < 1.29 is 4.79 Å². The van der Waals surface area contributed by atoms with Gasteiger partial charge in [-0.05, 0) is 18.8 Å². The van der Waals surface area contributed by atoms with E-state index in [-0.39, 0.29) is 17.9 Å². The van der Waals surface area contributed by atoms with Crippen LogP contribution in [0.15, 0.2) is 0 Å². The summed E-state index contributed by atoms with van der Waals surface area (Å²) < 4.78 is 0. The standard InChI is InChI=1S/C11H22BrNO/c1-5-9(4)11(14)13-10(7-12)6-8(2)3/h8-10H,5-7H2,1-4H3,(H,13,14). The first-order chi connectivity index (χ1) is 6.51. The molecule has 1 amide bonds. The number of amides is 1. The maximum atomic E-state index is 11.6. The lowest BCUT2D eigenvalue weighted by Gasteiger charge is -2.20. The summed E-state index contributed by atoms with van der Waals surface area (Å²) in [5.41, 5.74) is 0. The fourth-order valence-electron chi connectivity index (χ4n) is 1.26. The highest BCUT2D eigenvalue weighted by Crippen LogP contribution is 2.09. The highest BCUT2D eigenvalue weighted by atomic mass is 79.9. The van der Waals surface area contributed by atoms with Crippen molar-refractivity contribution in [2.24, 2.45) is 11.8 Å². The molecule has 0 saturated heterocycles. The predicted octanol–water partition coefficient (Wildman–Crippen LogP) is 2.96. The molecule has 1 N–H and O–H groups in total. The molecule has 0 radical (unpaired) electrons. The fourth-order valence-corrected chi connectivity index (χ4v) is 1.68. The number of nitrogens with one attached hydrogen (secondary N) is 1. The van der Waals surface area contributed by atoms with Crippen molar-refractivity contribution in [1.82, 2.24) is 5.32 Å². The van der Waals surface area contributed by atoms with Gasteiger partial charge in [0.2, 0.25) is 5.91 Å². The van der Waals surface area contributed by atoms with Gasteiger partial charge in [-0.1, -0.05) is 43.6 Å². The van der Waals surface area contributed by atoms with Crippen molar-refractivity contribution >= 4 is 21.8 Å². The molecule has 0 spiro atoms. The lowest BCUT2D eigenvalue weighted by atomic mass is 10.0. The molecule has 2 atom stereocenters. The smallest absolute Gasteiger partial charge is 0.223 e. The third-order valence-electron chi connectivity index (χ3n) is 2.35. The molecule has 0 aromatic heterocycles. The number of carbonyl (C=O) groups is 1. The lowest BCUT2D eigenvalue weighted by molar-refractivity contribution is -0.125. The van der Waals surface area contributed by atoms with Crippen molar-refractivity contribution in [3.8, 4) is 0 Å². The summed E-state index contributed by atoms with van der Waals surface area (Å²) in [6, 6.07) is 0.275. The van der Waals surface area contributed by atoms with Gasteiger partial charge >= 0.3 is 0 Å². The Bertz CT molecular complexity index is 171. The molecule has 0 aliphatic heterocycles. The van der Waals surface area contributed by atoms with Gasteiger partial charge in [-0.2, -0.15) is 0 Å². The Labute approximate surface area is 96.0 Å². The van der Waals surface area contributed by atoms with E-state index in [9.17, 15) is 4.79 Å². The highest BCUT2D eigenvalue weighted by Gasteiger charge is 2.16. The van der Waals surface area contributed by atoms with E-state index in [4.69, 9.17) is 0 Å². The van der Waals surface area contributed by atoms with Gasteiger partial charge in [0.15, 0.2) is 0 Å². The molecule has 84 valence electrons. The van der Waals surface area contributed by atoms with Gasteiger partial charge in [0, 0.05) is 17.3 Å². The van der Waals surface area contributed by atoms with E-state index in [1.54, 1.807) is 0 Å². The number of hydrogen-bond acceptors (Lipinski definition) is 1. The van der Waals surface area contributed by atoms with Gasteiger partial charge < -0.3 is 5.32 Å². The Morgan fingerprint density at radius 2 is 1.93 bits per heavy atom. The Hall–Kier alpha value is -0.0500. The van der Waals surface area contributed by atoms with Crippen LogP contribution in [0.3, 0.4) is 0 Å². The van der Waals surface area contributed by atoms with Crippen LogP contribution >= 0.6 is 15.9 Å². The summed E-state index contributed by atoms with van der Waals surface area (Å²) in [6.07, 6.45) is 1.94. The van der Waals surface area contributed by atoms with E-state index >= 15 is 0 Å². The number of halogens is 1. The number of carbonyl (C=O) groups excluding carboxylic acids is 1. The van der Waals surface area contributed by atoms with Crippen molar-refractivity contribution in [1.29, 1.82) is 0 Å². The van der Waals surface area contributed by atoms with E-state index in [0.717, 1.165) is 18.2 Å². The van der Waals surface area contributed by atoms with Crippen LogP contribution in [0.1, 0.15) is 40.5 Å². The lowest BCUT2D eigenvalue weighted by Crippen LogP contribution is -2.39. The predicted molar refractivity (Wildman–Crippen MR) is 64.6 cm³/mol. The van der Waals surface area contributed by atoms with Crippen LogP contribution in [0.4, 0.5) is 0 Å². The molecular weight excluding hydrogens is 242 g/mol. The van der Waals surface area contributed by atoms with Gasteiger partial charge in [-0.15, -0.1) is 0 Å². The largest absolute Gasteiger partial charge is 0.352 e. The maximum absolute atomic E-state index is 11.6. The van der Waals surface area contributed by atoms with Gasteiger partial charge in [0.1, 0.15) is 0 Å². The summed E-state index contributed by atoms with van der Waals surface area (Å²) in [5.74, 6) is 0.927. The Morgan fingerprint density at radius 1 is 1.36 bits per heavy atom. The van der Waals surface area contributed by atoms with Crippen molar-refractivity contribution in [2.75, 3.05) is 5.33 Å². The summed E-state index contributed by atoms with van der Waals surface area (Å²) in [7, 11) is 0. The van der Waals surface area contributed by atoms with E-state index < -0.39 is 0 Å². The molecule has 2 nitrogen and oxygen atoms in total. The number of rotatable bonds is 6. The van der Waals surface area contributed by atoms with Crippen LogP contribution in [0.2, 0.25) is 0 Å². The maximum Gasteiger partial charge on any atom is 0.223 e. The molecule has 0 heterocycles. The van der Waals surface area contributed by atoms with Crippen LogP contribution in [-0.2, 0) is 4.79 Å². The Kier molecular flexibility index (Phi) is 7.24. The van der Waals surface area contributed by atoms with Crippen LogP contribution in [0, 0.1) is 11.8 Å². The summed E-state index contributed by atoms with van der Waals surface area (Å²) in [6.45, 7) is 8.35. The van der Waals surface area contributed by atoms with Crippen molar-refractivity contribution in [3.05, 3.63) is 0 Å². The molecule has 0 fully saturated rings. The first kappa shape index (κ1) is 13.9. The second-order valence-corrected chi connectivity index (χ2v) is 4.95. The second kappa shape index (κ2) is 7.27. The molecule has 0 aromatic carbocycles. The van der Waals surface area contributed by atoms with Crippen molar-refractivity contribution in [2.45, 2.75) is 46.6 Å². The zero-order valence-electron chi connectivity index (χ0n) is 9.64. The minimum absolute atomic E-state index is 0.128. The normalized spacial score (nSPS) is 15.3. The second-order valence-electron chi connectivity index (χ2n) is 4.30. The van der Waals surface area contributed by atoms with Crippen LogP contribution in [-0.4, -0.2) is 17.3 Å². The quantitative estimate of drug-likeness (QED) is 0.734. The van der Waals surface area contributed by atoms with Gasteiger partial charge in [0.25, 0.3) is 0 Å². The van der Waals surface area contributed by atoms with Gasteiger partial charge in [-0.25, -0.2) is 0 Å². The third-order valence-corrected chi connectivity index (χ3v) is 3.13. The van der Waals surface area contributed by atoms with E-state index in [1.807, 2.05) is 13.8 Å². The zero-order chi connectivity index (χ0) is 11.1. The van der Waals surface area contributed by atoms with E-state index in [2.05, 4.69) is 35.1 Å². The highest BCUT2D eigenvalue weighted by molar-refractivity contribution is 9.09. The van der Waals surface area contributed by atoms with Crippen LogP contribution in [0.5, 0.6) is 0 Å². The minimum Gasteiger partial charge on any atom is -0.352 e. The molecule has 0 aromatic rings. The third kappa shape index (κ3) is 5.63. The zero-order valence-corrected chi connectivity index (χ0v) is 11.2. The SMILES string of the molecule is CCC(C)C(=O)NC(CBr)CC(C)C. The molecule has 0 aliphatic rings.